The molecule has 0 spiro atoms. The Hall–Kier alpha value is -2.11. The maximum absolute atomic E-state index is 12.5. The summed E-state index contributed by atoms with van der Waals surface area (Å²) in [5.74, 6) is -0.692. The van der Waals surface area contributed by atoms with Crippen LogP contribution in [0.5, 0.6) is 0 Å². The lowest BCUT2D eigenvalue weighted by Gasteiger charge is -2.21. The van der Waals surface area contributed by atoms with Gasteiger partial charge in [-0.2, -0.15) is 10.1 Å². The molecule has 6 heteroatoms. The van der Waals surface area contributed by atoms with E-state index in [2.05, 4.69) is 5.10 Å². The Kier molecular flexibility index (Phi) is 4.27. The van der Waals surface area contributed by atoms with E-state index in [1.807, 2.05) is 30.3 Å². The summed E-state index contributed by atoms with van der Waals surface area (Å²) in [5.41, 5.74) is 1.14. The second-order valence-corrected chi connectivity index (χ2v) is 5.92. The first kappa shape index (κ1) is 14.8. The van der Waals surface area contributed by atoms with Crippen LogP contribution in [0.4, 0.5) is 0 Å². The summed E-state index contributed by atoms with van der Waals surface area (Å²) in [6.45, 7) is 0. The van der Waals surface area contributed by atoms with Crippen molar-refractivity contribution in [3.05, 3.63) is 70.7 Å². The number of thioether (sulfide) groups is 1. The lowest BCUT2D eigenvalue weighted by atomic mass is 10.2. The molecule has 0 saturated carbocycles. The number of rotatable bonds is 2. The van der Waals surface area contributed by atoms with Gasteiger partial charge in [-0.25, -0.2) is 0 Å². The zero-order valence-corrected chi connectivity index (χ0v) is 13.0. The Balaban J connectivity index is 1.96. The molecule has 1 heterocycles. The first-order valence-corrected chi connectivity index (χ1v) is 7.92. The Morgan fingerprint density at radius 2 is 1.77 bits per heavy atom. The van der Waals surface area contributed by atoms with Gasteiger partial charge in [0.25, 0.3) is 11.8 Å². The van der Waals surface area contributed by atoms with Crippen LogP contribution >= 0.6 is 23.4 Å². The molecule has 0 N–H and O–H groups in total. The van der Waals surface area contributed by atoms with Crippen molar-refractivity contribution < 1.29 is 9.59 Å². The SMILES string of the molecule is O=C1CSC(c2ccccc2)=NN1C(=O)c1ccccc1Cl. The average Bonchev–Trinajstić information content (AvgIpc) is 2.56. The molecule has 22 heavy (non-hydrogen) atoms. The number of nitrogens with zero attached hydrogens (tertiary/aromatic N) is 2. The van der Waals surface area contributed by atoms with Crippen molar-refractivity contribution in [1.29, 1.82) is 0 Å². The molecule has 0 aromatic heterocycles. The zero-order chi connectivity index (χ0) is 15.5. The van der Waals surface area contributed by atoms with Crippen molar-refractivity contribution >= 4 is 40.2 Å². The summed E-state index contributed by atoms with van der Waals surface area (Å²) in [6, 6.07) is 16.1. The topological polar surface area (TPSA) is 49.7 Å². The third-order valence-electron chi connectivity index (χ3n) is 3.08. The molecular formula is C16H11ClN2O2S. The Morgan fingerprint density at radius 3 is 2.50 bits per heavy atom. The Labute approximate surface area is 136 Å². The van der Waals surface area contributed by atoms with Crippen molar-refractivity contribution in [3.63, 3.8) is 0 Å². The lowest BCUT2D eigenvalue weighted by molar-refractivity contribution is -0.126. The van der Waals surface area contributed by atoms with E-state index in [4.69, 9.17) is 11.6 Å². The number of hydrazone groups is 1. The molecule has 0 atom stereocenters. The summed E-state index contributed by atoms with van der Waals surface area (Å²) in [7, 11) is 0. The van der Waals surface area contributed by atoms with Gasteiger partial charge in [0.1, 0.15) is 5.04 Å². The predicted molar refractivity (Wildman–Crippen MR) is 88.1 cm³/mol. The van der Waals surface area contributed by atoms with E-state index in [-0.39, 0.29) is 17.2 Å². The van der Waals surface area contributed by atoms with Gasteiger partial charge in [-0.05, 0) is 12.1 Å². The molecule has 2 aromatic carbocycles. The van der Waals surface area contributed by atoms with Gasteiger partial charge >= 0.3 is 0 Å². The average molecular weight is 331 g/mol. The molecule has 3 rings (SSSR count). The number of imide groups is 1. The second kappa shape index (κ2) is 6.34. The van der Waals surface area contributed by atoms with Crippen LogP contribution in [0.1, 0.15) is 15.9 Å². The van der Waals surface area contributed by atoms with Crippen LogP contribution < -0.4 is 0 Å². The van der Waals surface area contributed by atoms with Crippen LogP contribution in [0.2, 0.25) is 5.02 Å². The third kappa shape index (κ3) is 2.91. The van der Waals surface area contributed by atoms with Crippen LogP contribution in [0.25, 0.3) is 0 Å². The quantitative estimate of drug-likeness (QED) is 0.793. The number of amides is 2. The predicted octanol–water partition coefficient (Wildman–Crippen LogP) is 3.42. The fourth-order valence-electron chi connectivity index (χ4n) is 2.00. The molecule has 0 aliphatic carbocycles. The number of hydrogen-bond donors (Lipinski definition) is 0. The summed E-state index contributed by atoms with van der Waals surface area (Å²) < 4.78 is 0. The van der Waals surface area contributed by atoms with Crippen LogP contribution in [-0.2, 0) is 4.79 Å². The van der Waals surface area contributed by atoms with E-state index in [9.17, 15) is 9.59 Å². The van der Waals surface area contributed by atoms with Gasteiger partial charge in [0.15, 0.2) is 0 Å². The van der Waals surface area contributed by atoms with Crippen molar-refractivity contribution in [2.24, 2.45) is 5.10 Å². The van der Waals surface area contributed by atoms with E-state index in [1.165, 1.54) is 11.8 Å². The molecule has 0 bridgehead atoms. The highest BCUT2D eigenvalue weighted by molar-refractivity contribution is 8.15. The van der Waals surface area contributed by atoms with Crippen molar-refractivity contribution in [1.82, 2.24) is 5.01 Å². The molecule has 0 unspecified atom stereocenters. The van der Waals surface area contributed by atoms with Gasteiger partial charge in [-0.15, -0.1) is 0 Å². The molecule has 0 radical (unpaired) electrons. The minimum atomic E-state index is -0.510. The van der Waals surface area contributed by atoms with Gasteiger partial charge in [0, 0.05) is 5.56 Å². The Morgan fingerprint density at radius 1 is 1.09 bits per heavy atom. The standard InChI is InChI=1S/C16H11ClN2O2S/c17-13-9-5-4-8-12(13)16(21)19-14(20)10-22-15(18-19)11-6-2-1-3-7-11/h1-9H,10H2. The third-order valence-corrected chi connectivity index (χ3v) is 4.39. The normalized spacial score (nSPS) is 14.7. The highest BCUT2D eigenvalue weighted by Crippen LogP contribution is 2.23. The summed E-state index contributed by atoms with van der Waals surface area (Å²) >= 11 is 7.35. The maximum atomic E-state index is 12.5. The minimum Gasteiger partial charge on any atom is -0.271 e. The van der Waals surface area contributed by atoms with Crippen LogP contribution in [0, 0.1) is 0 Å². The molecule has 4 nitrogen and oxygen atoms in total. The highest BCUT2D eigenvalue weighted by Gasteiger charge is 2.29. The van der Waals surface area contributed by atoms with Crippen LogP contribution in [0.15, 0.2) is 59.7 Å². The fourth-order valence-corrected chi connectivity index (χ4v) is 3.04. The summed E-state index contributed by atoms with van der Waals surface area (Å²) in [4.78, 5) is 24.5. The molecule has 1 aliphatic heterocycles. The smallest absolute Gasteiger partial charge is 0.271 e. The van der Waals surface area contributed by atoms with E-state index in [1.54, 1.807) is 24.3 Å². The highest BCUT2D eigenvalue weighted by atomic mass is 35.5. The summed E-state index contributed by atoms with van der Waals surface area (Å²) in [6.07, 6.45) is 0. The van der Waals surface area contributed by atoms with Crippen molar-refractivity contribution in [3.8, 4) is 0 Å². The molecular weight excluding hydrogens is 320 g/mol. The van der Waals surface area contributed by atoms with E-state index in [0.717, 1.165) is 10.6 Å². The molecule has 0 saturated heterocycles. The monoisotopic (exact) mass is 330 g/mol. The maximum Gasteiger partial charge on any atom is 0.282 e. The molecule has 1 aliphatic rings. The van der Waals surface area contributed by atoms with E-state index in [0.29, 0.717) is 10.1 Å². The van der Waals surface area contributed by atoms with Gasteiger partial charge in [0.2, 0.25) is 0 Å². The lowest BCUT2D eigenvalue weighted by Crippen LogP contribution is -2.37. The number of benzene rings is 2. The minimum absolute atomic E-state index is 0.171. The number of carbonyl (C=O) groups excluding carboxylic acids is 2. The number of hydrogen-bond acceptors (Lipinski definition) is 4. The van der Waals surface area contributed by atoms with E-state index >= 15 is 0 Å². The van der Waals surface area contributed by atoms with Gasteiger partial charge < -0.3 is 0 Å². The van der Waals surface area contributed by atoms with Crippen molar-refractivity contribution in [2.45, 2.75) is 0 Å². The first-order chi connectivity index (χ1) is 10.7. The Bertz CT molecular complexity index is 762. The number of halogens is 1. The first-order valence-electron chi connectivity index (χ1n) is 6.55. The fraction of sp³-hybridized carbons (Fsp3) is 0.0625. The molecule has 0 fully saturated rings. The van der Waals surface area contributed by atoms with Crippen LogP contribution in [-0.4, -0.2) is 27.6 Å². The van der Waals surface area contributed by atoms with Gasteiger partial charge in [-0.3, -0.25) is 9.59 Å². The number of carbonyl (C=O) groups is 2. The van der Waals surface area contributed by atoms with Crippen molar-refractivity contribution in [2.75, 3.05) is 5.75 Å². The molecule has 2 amide bonds. The zero-order valence-electron chi connectivity index (χ0n) is 11.4. The largest absolute Gasteiger partial charge is 0.282 e. The van der Waals surface area contributed by atoms with Gasteiger partial charge in [0.05, 0.1) is 16.3 Å². The summed E-state index contributed by atoms with van der Waals surface area (Å²) in [5, 5.41) is 6.05. The second-order valence-electron chi connectivity index (χ2n) is 4.55. The van der Waals surface area contributed by atoms with Crippen LogP contribution in [0.3, 0.4) is 0 Å². The molecule has 110 valence electrons. The molecule has 2 aromatic rings. The van der Waals surface area contributed by atoms with E-state index < -0.39 is 5.91 Å². The van der Waals surface area contributed by atoms with Gasteiger partial charge in [-0.1, -0.05) is 65.8 Å².